The van der Waals surface area contributed by atoms with E-state index in [2.05, 4.69) is 35.1 Å². The normalized spacial score (nSPS) is 30.0. The molecule has 5 aliphatic rings. The van der Waals surface area contributed by atoms with E-state index < -0.39 is 73.7 Å². The first-order valence-electron chi connectivity index (χ1n) is 17.7. The summed E-state index contributed by atoms with van der Waals surface area (Å²) in [5, 5.41) is 10.9. The fraction of sp³-hybridized carbons (Fsp3) is 0.853. The topological polar surface area (TPSA) is 171 Å². The van der Waals surface area contributed by atoms with Crippen LogP contribution in [0.25, 0.3) is 0 Å². The van der Waals surface area contributed by atoms with E-state index in [4.69, 9.17) is 0 Å². The molecule has 5 amide bonds. The highest BCUT2D eigenvalue weighted by Crippen LogP contribution is 2.65. The predicted molar refractivity (Wildman–Crippen MR) is 177 cm³/mol. The second kappa shape index (κ2) is 13.0. The number of likely N-dealkylation sites (tertiary alicyclic amines) is 1. The zero-order chi connectivity index (χ0) is 34.5. The van der Waals surface area contributed by atoms with Crippen molar-refractivity contribution in [3.05, 3.63) is 0 Å². The van der Waals surface area contributed by atoms with E-state index >= 15 is 0 Å². The molecular weight excluding hydrogens is 622 g/mol. The smallest absolute Gasteiger partial charge is 0.315 e. The molecular formula is C34H55N5O7S. The van der Waals surface area contributed by atoms with E-state index in [0.717, 1.165) is 32.1 Å². The number of ketones is 1. The summed E-state index contributed by atoms with van der Waals surface area (Å²) in [5.41, 5.74) is -1.80. The molecule has 0 aromatic heterocycles. The standard InChI is InChI=1S/C34H55N5O7S/c1-7-12-22(26(40)29(42)35-20-14-15-20)36-28(41)25-24-21(33(24,5)6)19-39(25)30(43)27(32(2,3)4)37-31(44)38-34(16-9-8-10-17-34)23-13-11-18-47(23,45)46/h20-25,27H,7-19H2,1-6H3,(H,35,42)(H,36,41)(H2,37,38,44)/t21-,22-,23-,24-,25-,27+/m0/s1. The number of amides is 5. The summed E-state index contributed by atoms with van der Waals surface area (Å²) in [4.78, 5) is 69.4. The summed E-state index contributed by atoms with van der Waals surface area (Å²) >= 11 is 0. The van der Waals surface area contributed by atoms with Crippen LogP contribution in [-0.2, 0) is 29.0 Å². The minimum atomic E-state index is -3.35. The quantitative estimate of drug-likeness (QED) is 0.244. The maximum atomic E-state index is 14.4. The number of rotatable bonds is 11. The molecule has 0 unspecified atom stereocenters. The number of hydrogen-bond donors (Lipinski definition) is 4. The van der Waals surface area contributed by atoms with Gasteiger partial charge in [-0.3, -0.25) is 19.2 Å². The Morgan fingerprint density at radius 3 is 2.15 bits per heavy atom. The van der Waals surface area contributed by atoms with Gasteiger partial charge in [0.1, 0.15) is 12.1 Å². The van der Waals surface area contributed by atoms with Gasteiger partial charge in [-0.05, 0) is 67.6 Å². The number of urea groups is 1. The van der Waals surface area contributed by atoms with Crippen LogP contribution in [0.3, 0.4) is 0 Å². The number of nitrogens with zero attached hydrogens (tertiary/aromatic N) is 1. The molecule has 0 aromatic carbocycles. The van der Waals surface area contributed by atoms with Crippen molar-refractivity contribution in [3.63, 3.8) is 0 Å². The van der Waals surface area contributed by atoms with Crippen molar-refractivity contribution in [3.8, 4) is 0 Å². The van der Waals surface area contributed by atoms with E-state index in [9.17, 15) is 32.4 Å². The summed E-state index contributed by atoms with van der Waals surface area (Å²) in [6.45, 7) is 11.9. The van der Waals surface area contributed by atoms with Crippen molar-refractivity contribution in [2.24, 2.45) is 22.7 Å². The summed E-state index contributed by atoms with van der Waals surface area (Å²) in [6.07, 6.45) is 7.40. The van der Waals surface area contributed by atoms with Crippen LogP contribution >= 0.6 is 0 Å². The molecule has 0 bridgehead atoms. The Hall–Kier alpha value is -2.70. The van der Waals surface area contributed by atoms with Gasteiger partial charge in [-0.25, -0.2) is 13.2 Å². The summed E-state index contributed by atoms with van der Waals surface area (Å²) in [7, 11) is -3.35. The highest BCUT2D eigenvalue weighted by atomic mass is 32.2. The lowest BCUT2D eigenvalue weighted by Crippen LogP contribution is -2.65. The second-order valence-corrected chi connectivity index (χ2v) is 18.8. The molecule has 6 atom stereocenters. The van der Waals surface area contributed by atoms with Gasteiger partial charge in [-0.2, -0.15) is 0 Å². The van der Waals surface area contributed by atoms with E-state index in [1.54, 1.807) is 4.90 Å². The monoisotopic (exact) mass is 677 g/mol. The Morgan fingerprint density at radius 1 is 0.936 bits per heavy atom. The molecule has 47 heavy (non-hydrogen) atoms. The van der Waals surface area contributed by atoms with E-state index in [-0.39, 0.29) is 29.0 Å². The Morgan fingerprint density at radius 2 is 1.60 bits per heavy atom. The number of carbonyl (C=O) groups is 5. The maximum absolute atomic E-state index is 14.4. The first-order chi connectivity index (χ1) is 21.9. The number of sulfone groups is 1. The van der Waals surface area contributed by atoms with Crippen LogP contribution in [0.1, 0.15) is 112 Å². The van der Waals surface area contributed by atoms with Gasteiger partial charge in [0, 0.05) is 12.6 Å². The lowest BCUT2D eigenvalue weighted by Gasteiger charge is -2.43. The number of fused-ring (bicyclic) bond motifs is 1. The average Bonchev–Trinajstić information content (AvgIpc) is 3.76. The molecule has 3 aliphatic carbocycles. The molecule has 13 heteroatoms. The molecule has 5 rings (SSSR count). The zero-order valence-corrected chi connectivity index (χ0v) is 29.8. The van der Waals surface area contributed by atoms with Gasteiger partial charge in [0.2, 0.25) is 17.6 Å². The minimum absolute atomic E-state index is 0.00925. The molecule has 5 fully saturated rings. The highest BCUT2D eigenvalue weighted by molar-refractivity contribution is 7.92. The third-order valence-electron chi connectivity index (χ3n) is 11.5. The van der Waals surface area contributed by atoms with Crippen LogP contribution < -0.4 is 21.3 Å². The zero-order valence-electron chi connectivity index (χ0n) is 28.9. The lowest BCUT2D eigenvalue weighted by atomic mass is 9.78. The number of nitrogens with one attached hydrogen (secondary N) is 4. The molecule has 2 heterocycles. The maximum Gasteiger partial charge on any atom is 0.315 e. The SMILES string of the molecule is CCC[C@H](NC(=O)[C@@H]1[C@@H]2[C@H](CN1C(=O)[C@@H](NC(=O)NC1([C@@H]3CCCS3(=O)=O)CCCCC1)C(C)(C)C)C2(C)C)C(=O)C(=O)NC1CC1. The fourth-order valence-corrected chi connectivity index (χ4v) is 11.0. The predicted octanol–water partition coefficient (Wildman–Crippen LogP) is 2.60. The number of carbonyl (C=O) groups excluding carboxylic acids is 5. The van der Waals surface area contributed by atoms with Crippen LogP contribution in [0.5, 0.6) is 0 Å². The molecule has 12 nitrogen and oxygen atoms in total. The van der Waals surface area contributed by atoms with Gasteiger partial charge < -0.3 is 26.2 Å². The minimum Gasteiger partial charge on any atom is -0.347 e. The van der Waals surface area contributed by atoms with Gasteiger partial charge in [0.15, 0.2) is 9.84 Å². The van der Waals surface area contributed by atoms with Crippen LogP contribution in [0.15, 0.2) is 0 Å². The number of hydrogen-bond acceptors (Lipinski definition) is 7. The third kappa shape index (κ3) is 7.20. The van der Waals surface area contributed by atoms with Crippen molar-refractivity contribution >= 4 is 39.4 Å². The largest absolute Gasteiger partial charge is 0.347 e. The highest BCUT2D eigenvalue weighted by Gasteiger charge is 2.70. The van der Waals surface area contributed by atoms with E-state index in [1.165, 1.54) is 0 Å². The molecule has 0 spiro atoms. The molecule has 4 N–H and O–H groups in total. The van der Waals surface area contributed by atoms with Crippen molar-refractivity contribution in [2.45, 2.75) is 147 Å². The van der Waals surface area contributed by atoms with Crippen molar-refractivity contribution in [1.29, 1.82) is 0 Å². The van der Waals surface area contributed by atoms with Crippen molar-refractivity contribution in [1.82, 2.24) is 26.2 Å². The Kier molecular flexibility index (Phi) is 9.82. The van der Waals surface area contributed by atoms with Gasteiger partial charge in [0.05, 0.1) is 22.6 Å². The average molecular weight is 678 g/mol. The van der Waals surface area contributed by atoms with Gasteiger partial charge in [-0.15, -0.1) is 0 Å². The molecule has 2 saturated heterocycles. The van der Waals surface area contributed by atoms with Crippen molar-refractivity contribution < 1.29 is 32.4 Å². The second-order valence-electron chi connectivity index (χ2n) is 16.5. The number of piperidine rings is 1. The van der Waals surface area contributed by atoms with Crippen LogP contribution in [-0.4, -0.2) is 90.1 Å². The lowest BCUT2D eigenvalue weighted by molar-refractivity contribution is -0.145. The van der Waals surface area contributed by atoms with Gasteiger partial charge >= 0.3 is 6.03 Å². The van der Waals surface area contributed by atoms with Crippen LogP contribution in [0.4, 0.5) is 4.79 Å². The molecule has 0 radical (unpaired) electrons. The van der Waals surface area contributed by atoms with Crippen LogP contribution in [0, 0.1) is 22.7 Å². The Balaban J connectivity index is 1.34. The molecule has 264 valence electrons. The number of Topliss-reactive ketones (excluding diaryl/α,β-unsaturated/α-hetero) is 1. The fourth-order valence-electron chi connectivity index (χ4n) is 8.60. The van der Waals surface area contributed by atoms with Gasteiger partial charge in [-0.1, -0.05) is 67.2 Å². The summed E-state index contributed by atoms with van der Waals surface area (Å²) in [6, 6.07) is -3.43. The summed E-state index contributed by atoms with van der Waals surface area (Å²) in [5.74, 6) is -2.16. The first-order valence-corrected chi connectivity index (χ1v) is 19.4. The Labute approximate surface area is 279 Å². The van der Waals surface area contributed by atoms with E-state index in [1.807, 2.05) is 27.7 Å². The van der Waals surface area contributed by atoms with Gasteiger partial charge in [0.25, 0.3) is 5.91 Å². The summed E-state index contributed by atoms with van der Waals surface area (Å²) < 4.78 is 26.1. The molecule has 2 aliphatic heterocycles. The Bertz CT molecular complexity index is 1380. The third-order valence-corrected chi connectivity index (χ3v) is 14.0. The molecule has 0 aromatic rings. The van der Waals surface area contributed by atoms with Crippen molar-refractivity contribution in [2.75, 3.05) is 12.3 Å². The van der Waals surface area contributed by atoms with Crippen LogP contribution in [0.2, 0.25) is 0 Å². The van der Waals surface area contributed by atoms with E-state index in [0.29, 0.717) is 45.1 Å². The first kappa shape index (κ1) is 35.6. The molecule has 3 saturated carbocycles.